The number of aryl methyl sites for hydroxylation is 1. The molecule has 0 spiro atoms. The molecule has 2 N–H and O–H groups in total. The molecule has 1 saturated carbocycles. The van der Waals surface area contributed by atoms with Crippen LogP contribution in [0.3, 0.4) is 0 Å². The molecule has 1 aromatic heterocycles. The number of amides is 1. The molecule has 0 radical (unpaired) electrons. The standard InChI is InChI=1S/C27H30ClF3N4O3S/c1-34-22-15-20(11-12-21(22)24(28)25(34)17-5-3-2-4-6-17)39(37,38)33-19-9-7-18(8-10-19)26(36)35-14-13-32-23(16-35)27(29,30)31/h2-6,11-12,15,18-19,23,32-33H,7-10,13-14,16H2,1H3/t18-,19-,23-/m0/s1. The Bertz CT molecular complexity index is 1470. The number of hydrogen-bond acceptors (Lipinski definition) is 4. The first-order chi connectivity index (χ1) is 18.5. The average Bonchev–Trinajstić information content (AvgIpc) is 3.17. The SMILES string of the molecule is Cn1c(-c2ccccc2)c(Cl)c2ccc(S(=O)(=O)N[C@H]3CC[C@H](C(=O)N4CCN[C@H](C(F)(F)F)C4)CC3)cc21. The Morgan fingerprint density at radius 3 is 2.44 bits per heavy atom. The van der Waals surface area contributed by atoms with Crippen LogP contribution in [-0.4, -0.2) is 61.7 Å². The predicted octanol–water partition coefficient (Wildman–Crippen LogP) is 4.70. The number of halogens is 4. The van der Waals surface area contributed by atoms with Gasteiger partial charge in [0.1, 0.15) is 6.04 Å². The van der Waals surface area contributed by atoms with Gasteiger partial charge in [0.15, 0.2) is 0 Å². The molecule has 0 unspecified atom stereocenters. The van der Waals surface area contributed by atoms with E-state index < -0.39 is 34.7 Å². The van der Waals surface area contributed by atoms with Crippen molar-refractivity contribution in [3.63, 3.8) is 0 Å². The van der Waals surface area contributed by atoms with Crippen molar-refractivity contribution in [1.82, 2.24) is 19.5 Å². The minimum Gasteiger partial charge on any atom is -0.342 e. The highest BCUT2D eigenvalue weighted by atomic mass is 35.5. The molecule has 2 aromatic carbocycles. The monoisotopic (exact) mass is 582 g/mol. The van der Waals surface area contributed by atoms with E-state index in [1.54, 1.807) is 12.1 Å². The molecule has 2 aliphatic rings. The summed E-state index contributed by atoms with van der Waals surface area (Å²) in [4.78, 5) is 14.3. The lowest BCUT2D eigenvalue weighted by atomic mass is 9.85. The Kier molecular flexibility index (Phi) is 7.71. The van der Waals surface area contributed by atoms with E-state index in [-0.39, 0.29) is 29.9 Å². The van der Waals surface area contributed by atoms with Crippen LogP contribution in [-0.2, 0) is 21.9 Å². The van der Waals surface area contributed by atoms with Crippen molar-refractivity contribution < 1.29 is 26.4 Å². The van der Waals surface area contributed by atoms with Gasteiger partial charge >= 0.3 is 6.18 Å². The lowest BCUT2D eigenvalue weighted by Gasteiger charge is -2.38. The second kappa shape index (κ2) is 10.8. The summed E-state index contributed by atoms with van der Waals surface area (Å²) in [6.45, 7) is -0.0727. The molecule has 5 rings (SSSR count). The van der Waals surface area contributed by atoms with Crippen LogP contribution in [0.1, 0.15) is 25.7 Å². The van der Waals surface area contributed by atoms with E-state index in [2.05, 4.69) is 10.0 Å². The smallest absolute Gasteiger partial charge is 0.342 e. The zero-order chi connectivity index (χ0) is 27.9. The minimum atomic E-state index is -4.41. The Hall–Kier alpha value is -2.60. The number of aromatic nitrogens is 1. The summed E-state index contributed by atoms with van der Waals surface area (Å²) in [7, 11) is -2.01. The highest BCUT2D eigenvalue weighted by Crippen LogP contribution is 2.38. The van der Waals surface area contributed by atoms with E-state index in [9.17, 15) is 26.4 Å². The number of alkyl halides is 3. The highest BCUT2D eigenvalue weighted by Gasteiger charge is 2.43. The fourth-order valence-corrected chi connectivity index (χ4v) is 7.35. The van der Waals surface area contributed by atoms with Crippen LogP contribution in [0.25, 0.3) is 22.2 Å². The van der Waals surface area contributed by atoms with Gasteiger partial charge in [-0.15, -0.1) is 0 Å². The molecular formula is C27H30ClF3N4O3S. The molecule has 2 fully saturated rings. The second-order valence-corrected chi connectivity index (χ2v) is 12.4. The number of piperazine rings is 1. The first kappa shape index (κ1) is 27.9. The van der Waals surface area contributed by atoms with Gasteiger partial charge in [0, 0.05) is 44.0 Å². The Labute approximate surface area is 230 Å². The number of carbonyl (C=O) groups excluding carboxylic acids is 1. The van der Waals surface area contributed by atoms with Crippen LogP contribution in [0, 0.1) is 5.92 Å². The number of fused-ring (bicyclic) bond motifs is 1. The summed E-state index contributed by atoms with van der Waals surface area (Å²) in [6, 6.07) is 12.4. The number of nitrogens with zero attached hydrogens (tertiary/aromatic N) is 2. The van der Waals surface area contributed by atoms with E-state index in [1.807, 2.05) is 41.9 Å². The molecule has 1 atom stereocenters. The number of benzene rings is 2. The third-order valence-corrected chi connectivity index (χ3v) is 9.65. The number of rotatable bonds is 5. The van der Waals surface area contributed by atoms with Crippen molar-refractivity contribution in [2.75, 3.05) is 19.6 Å². The zero-order valence-electron chi connectivity index (χ0n) is 21.3. The van der Waals surface area contributed by atoms with Gasteiger partial charge in [0.05, 0.1) is 21.1 Å². The molecule has 1 saturated heterocycles. The van der Waals surface area contributed by atoms with Crippen molar-refractivity contribution in [1.29, 1.82) is 0 Å². The molecule has 7 nitrogen and oxygen atoms in total. The fraction of sp³-hybridized carbons (Fsp3) is 0.444. The predicted molar refractivity (Wildman–Crippen MR) is 144 cm³/mol. The van der Waals surface area contributed by atoms with Crippen LogP contribution in [0.2, 0.25) is 5.02 Å². The van der Waals surface area contributed by atoms with E-state index in [4.69, 9.17) is 11.6 Å². The van der Waals surface area contributed by atoms with E-state index in [1.165, 1.54) is 11.0 Å². The number of nitrogens with one attached hydrogen (secondary N) is 2. The maximum atomic E-state index is 13.3. The molecule has 12 heteroatoms. The summed E-state index contributed by atoms with van der Waals surface area (Å²) in [5.41, 5.74) is 2.40. The first-order valence-corrected chi connectivity index (χ1v) is 14.8. The molecule has 1 amide bonds. The van der Waals surface area contributed by atoms with E-state index >= 15 is 0 Å². The Morgan fingerprint density at radius 2 is 1.77 bits per heavy atom. The van der Waals surface area contributed by atoms with Gasteiger partial charge in [-0.05, 0) is 49.4 Å². The normalized spacial score (nSPS) is 22.8. The van der Waals surface area contributed by atoms with Gasteiger partial charge in [-0.2, -0.15) is 13.2 Å². The molecule has 39 heavy (non-hydrogen) atoms. The largest absolute Gasteiger partial charge is 0.405 e. The van der Waals surface area contributed by atoms with Crippen LogP contribution in [0.5, 0.6) is 0 Å². The van der Waals surface area contributed by atoms with Crippen molar-refractivity contribution in [3.8, 4) is 11.3 Å². The highest BCUT2D eigenvalue weighted by molar-refractivity contribution is 7.89. The molecular weight excluding hydrogens is 553 g/mol. The summed E-state index contributed by atoms with van der Waals surface area (Å²) < 4.78 is 70.5. The second-order valence-electron chi connectivity index (χ2n) is 10.3. The lowest BCUT2D eigenvalue weighted by Crippen LogP contribution is -2.59. The minimum absolute atomic E-state index is 0.0919. The molecule has 0 bridgehead atoms. The lowest BCUT2D eigenvalue weighted by molar-refractivity contribution is -0.169. The third-order valence-electron chi connectivity index (χ3n) is 7.75. The summed E-state index contributed by atoms with van der Waals surface area (Å²) in [5, 5.41) is 3.71. The fourth-order valence-electron chi connectivity index (χ4n) is 5.63. The third kappa shape index (κ3) is 5.68. The topological polar surface area (TPSA) is 83.4 Å². The number of sulfonamides is 1. The maximum absolute atomic E-state index is 13.3. The number of hydrogen-bond donors (Lipinski definition) is 2. The van der Waals surface area contributed by atoms with Gasteiger partial charge in [-0.25, -0.2) is 13.1 Å². The molecule has 3 aromatic rings. The average molecular weight is 583 g/mol. The molecule has 1 aliphatic carbocycles. The van der Waals surface area contributed by atoms with Gasteiger partial charge in [-0.1, -0.05) is 41.9 Å². The van der Waals surface area contributed by atoms with Gasteiger partial charge in [-0.3, -0.25) is 4.79 Å². The van der Waals surface area contributed by atoms with Crippen LogP contribution >= 0.6 is 11.6 Å². The number of carbonyl (C=O) groups is 1. The molecule has 1 aliphatic heterocycles. The van der Waals surface area contributed by atoms with Gasteiger partial charge in [0.2, 0.25) is 15.9 Å². The van der Waals surface area contributed by atoms with Crippen molar-refractivity contribution in [2.24, 2.45) is 13.0 Å². The summed E-state index contributed by atoms with van der Waals surface area (Å²) >= 11 is 6.67. The van der Waals surface area contributed by atoms with E-state index in [0.717, 1.165) is 16.6 Å². The molecule has 210 valence electrons. The van der Waals surface area contributed by atoms with Crippen LogP contribution in [0.15, 0.2) is 53.4 Å². The Morgan fingerprint density at radius 1 is 1.08 bits per heavy atom. The maximum Gasteiger partial charge on any atom is 0.405 e. The summed E-state index contributed by atoms with van der Waals surface area (Å²) in [6.07, 6.45) is -2.72. The van der Waals surface area contributed by atoms with Crippen LogP contribution in [0.4, 0.5) is 13.2 Å². The first-order valence-electron chi connectivity index (χ1n) is 12.9. The van der Waals surface area contributed by atoms with Crippen molar-refractivity contribution in [3.05, 3.63) is 53.6 Å². The summed E-state index contributed by atoms with van der Waals surface area (Å²) in [5.74, 6) is -0.691. The van der Waals surface area contributed by atoms with Crippen LogP contribution < -0.4 is 10.0 Å². The van der Waals surface area contributed by atoms with Crippen molar-refractivity contribution in [2.45, 2.75) is 48.8 Å². The van der Waals surface area contributed by atoms with Crippen molar-refractivity contribution >= 4 is 38.4 Å². The Balaban J connectivity index is 1.25. The van der Waals surface area contributed by atoms with Gasteiger partial charge in [0.25, 0.3) is 0 Å². The molecule has 2 heterocycles. The van der Waals surface area contributed by atoms with Gasteiger partial charge < -0.3 is 14.8 Å². The van der Waals surface area contributed by atoms with E-state index in [0.29, 0.717) is 36.2 Å². The zero-order valence-corrected chi connectivity index (χ0v) is 22.9. The quantitative estimate of drug-likeness (QED) is 0.457.